The van der Waals surface area contributed by atoms with Crippen molar-refractivity contribution in [2.45, 2.75) is 0 Å². The fourth-order valence-corrected chi connectivity index (χ4v) is 10.0. The van der Waals surface area contributed by atoms with Gasteiger partial charge in [-0.05, 0) is 83.1 Å². The molecule has 0 radical (unpaired) electrons. The molecule has 0 saturated heterocycles. The van der Waals surface area contributed by atoms with Crippen LogP contribution < -0.4 is 26.0 Å². The summed E-state index contributed by atoms with van der Waals surface area (Å²) in [7, 11) is 0. The summed E-state index contributed by atoms with van der Waals surface area (Å²) in [6.45, 7) is -0.00414. The lowest BCUT2D eigenvalue weighted by Crippen LogP contribution is -2.59. The molecule has 0 aliphatic carbocycles. The van der Waals surface area contributed by atoms with Crippen LogP contribution in [-0.4, -0.2) is 30.0 Å². The van der Waals surface area contributed by atoms with Gasteiger partial charge >= 0.3 is 0 Å². The molecular weight excluding hydrogens is 671 g/mol. The van der Waals surface area contributed by atoms with Gasteiger partial charge in [-0.2, -0.15) is 0 Å². The second-order valence-corrected chi connectivity index (χ2v) is 14.9. The molecule has 0 fully saturated rings. The number of hydrogen-bond acceptors (Lipinski definition) is 5. The maximum Gasteiger partial charge on any atom is 0.256 e. The zero-order valence-corrected chi connectivity index (χ0v) is 28.8. The van der Waals surface area contributed by atoms with E-state index in [0.29, 0.717) is 0 Å². The molecule has 2 aliphatic heterocycles. The molecule has 0 N–H and O–H groups in total. The lowest BCUT2D eigenvalue weighted by atomic mass is 9.34. The van der Waals surface area contributed by atoms with Crippen molar-refractivity contribution in [3.63, 3.8) is 0 Å². The van der Waals surface area contributed by atoms with Gasteiger partial charge in [0.25, 0.3) is 6.71 Å². The highest BCUT2D eigenvalue weighted by molar-refractivity contribution is 7.23. The first kappa shape index (κ1) is 27.8. The summed E-state index contributed by atoms with van der Waals surface area (Å²) >= 11 is 1.73. The highest BCUT2D eigenvalue weighted by Crippen LogP contribution is 2.45. The minimum Gasteiger partial charge on any atom is -0.458 e. The minimum atomic E-state index is -0.00414. The van der Waals surface area contributed by atoms with Gasteiger partial charge in [0.05, 0.1) is 49.2 Å². The number of aromatic nitrogens is 5. The van der Waals surface area contributed by atoms with Gasteiger partial charge in [-0.25, -0.2) is 9.97 Å². The quantitative estimate of drug-likeness (QED) is 0.170. The van der Waals surface area contributed by atoms with E-state index in [2.05, 4.69) is 170 Å². The fraction of sp³-hybridized carbons (Fsp3) is 0. The molecule has 0 unspecified atom stereocenters. The van der Waals surface area contributed by atoms with Gasteiger partial charge in [0, 0.05) is 17.4 Å². The normalized spacial score (nSPS) is 13.4. The fourth-order valence-electron chi connectivity index (χ4n) is 9.00. The number of ether oxygens (including phenoxy) is 1. The van der Waals surface area contributed by atoms with Gasteiger partial charge in [0.1, 0.15) is 17.0 Å². The molecule has 0 saturated carbocycles. The molecule has 0 atom stereocenters. The summed E-state index contributed by atoms with van der Waals surface area (Å²) in [6, 6.07) is 53.9. The molecule has 0 spiro atoms. The number of fused-ring (bicyclic) bond motifs is 14. The van der Waals surface area contributed by atoms with E-state index in [1.165, 1.54) is 21.1 Å². The van der Waals surface area contributed by atoms with Gasteiger partial charge in [-0.3, -0.25) is 13.4 Å². The predicted octanol–water partition coefficient (Wildman–Crippen LogP) is 8.85. The Bertz CT molecular complexity index is 3370. The van der Waals surface area contributed by atoms with Crippen molar-refractivity contribution < 1.29 is 4.74 Å². The van der Waals surface area contributed by atoms with Crippen LogP contribution >= 0.6 is 11.3 Å². The molecule has 246 valence electrons. The first-order valence-corrected chi connectivity index (χ1v) is 18.6. The van der Waals surface area contributed by atoms with E-state index in [4.69, 9.17) is 14.7 Å². The molecule has 13 rings (SSSR count). The Morgan fingerprint density at radius 2 is 1.25 bits per heavy atom. The van der Waals surface area contributed by atoms with Crippen LogP contribution in [0.4, 0.5) is 17.1 Å². The van der Waals surface area contributed by atoms with Crippen molar-refractivity contribution in [1.82, 2.24) is 23.3 Å². The van der Waals surface area contributed by atoms with E-state index >= 15 is 0 Å². The lowest BCUT2D eigenvalue weighted by molar-refractivity contribution is 0.487. The number of nitrogens with zero attached hydrogens (tertiary/aromatic N) is 6. The summed E-state index contributed by atoms with van der Waals surface area (Å²) in [5.74, 6) is 2.59. The van der Waals surface area contributed by atoms with E-state index in [0.717, 1.165) is 83.6 Å². The van der Waals surface area contributed by atoms with Crippen LogP contribution in [0, 0.1) is 0 Å². The third-order valence-electron chi connectivity index (χ3n) is 11.1. The number of anilines is 3. The smallest absolute Gasteiger partial charge is 0.256 e. The van der Waals surface area contributed by atoms with E-state index in [-0.39, 0.29) is 6.71 Å². The number of thiazole rings is 1. The Balaban J connectivity index is 1.15. The SMILES string of the molecule is c1ccc2c(c1)Oc1cc(-n3c4ccccc4n4c5ccccc5nc34)cc3c1B2c1ccccc1N3c1cccc2c1nc1sc3ccccc3n12. The summed E-state index contributed by atoms with van der Waals surface area (Å²) < 4.78 is 15.0. The monoisotopic (exact) mass is 696 g/mol. The lowest BCUT2D eigenvalue weighted by Gasteiger charge is -2.40. The topological polar surface area (TPSA) is 52.0 Å². The maximum absolute atomic E-state index is 6.93. The van der Waals surface area contributed by atoms with E-state index in [1.54, 1.807) is 11.3 Å². The average molecular weight is 697 g/mol. The van der Waals surface area contributed by atoms with Crippen LogP contribution in [0.1, 0.15) is 0 Å². The first-order valence-electron chi connectivity index (χ1n) is 17.8. The summed E-state index contributed by atoms with van der Waals surface area (Å²) in [6.07, 6.45) is 0. The van der Waals surface area contributed by atoms with Crippen LogP contribution in [0.5, 0.6) is 11.5 Å². The molecule has 6 heterocycles. The number of rotatable bonds is 2. The third kappa shape index (κ3) is 3.54. The zero-order valence-electron chi connectivity index (χ0n) is 28.0. The van der Waals surface area contributed by atoms with Crippen molar-refractivity contribution in [1.29, 1.82) is 0 Å². The highest BCUT2D eigenvalue weighted by Gasteiger charge is 2.42. The number of para-hydroxylation sites is 8. The minimum absolute atomic E-state index is 0.00414. The molecule has 2 aliphatic rings. The zero-order chi connectivity index (χ0) is 34.4. The first-order chi connectivity index (χ1) is 26.3. The summed E-state index contributed by atoms with van der Waals surface area (Å²) in [5.41, 5.74) is 15.2. The molecule has 7 nitrogen and oxygen atoms in total. The van der Waals surface area contributed by atoms with Gasteiger partial charge < -0.3 is 9.64 Å². The highest BCUT2D eigenvalue weighted by atomic mass is 32.1. The van der Waals surface area contributed by atoms with Crippen molar-refractivity contribution in [3.05, 3.63) is 152 Å². The molecule has 4 aromatic heterocycles. The average Bonchev–Trinajstić information content (AvgIpc) is 3.95. The van der Waals surface area contributed by atoms with Gasteiger partial charge in [-0.1, -0.05) is 90.2 Å². The number of benzene rings is 7. The van der Waals surface area contributed by atoms with Crippen molar-refractivity contribution in [3.8, 4) is 17.2 Å². The Hall–Kier alpha value is -6.84. The molecule has 53 heavy (non-hydrogen) atoms. The van der Waals surface area contributed by atoms with Crippen molar-refractivity contribution >= 4 is 106 Å². The largest absolute Gasteiger partial charge is 0.458 e. The predicted molar refractivity (Wildman–Crippen MR) is 217 cm³/mol. The van der Waals surface area contributed by atoms with E-state index in [1.807, 2.05) is 0 Å². The summed E-state index contributed by atoms with van der Waals surface area (Å²) in [4.78, 5) is 14.0. The molecule has 0 bridgehead atoms. The Labute approximate surface area is 306 Å². The second-order valence-electron chi connectivity index (χ2n) is 13.8. The second kappa shape index (κ2) is 9.94. The standard InChI is InChI=1S/C44H25BN6OS/c1-4-15-30-27(12-1)45-28-13-2-9-22-38(28)52-39-25-26(48-32-17-6-7-18-33(32)50-31-16-5-3-14-29(31)46-43(48)50)24-37(41(39)45)49(30)35-20-11-21-36-42(35)47-44-51(36)34-19-8-10-23-40(34)53-44/h1-25H. The van der Waals surface area contributed by atoms with Crippen LogP contribution in [0.3, 0.4) is 0 Å². The summed E-state index contributed by atoms with van der Waals surface area (Å²) in [5, 5.41) is 0. The Morgan fingerprint density at radius 3 is 2.17 bits per heavy atom. The maximum atomic E-state index is 6.93. The van der Waals surface area contributed by atoms with Crippen LogP contribution in [-0.2, 0) is 0 Å². The van der Waals surface area contributed by atoms with Crippen LogP contribution in [0.2, 0.25) is 0 Å². The Kier molecular flexibility index (Phi) is 5.22. The van der Waals surface area contributed by atoms with Gasteiger partial charge in [0.15, 0.2) is 4.96 Å². The molecular formula is C44H25BN6OS. The van der Waals surface area contributed by atoms with Crippen LogP contribution in [0.15, 0.2) is 152 Å². The van der Waals surface area contributed by atoms with Crippen molar-refractivity contribution in [2.24, 2.45) is 0 Å². The molecule has 9 heteroatoms. The van der Waals surface area contributed by atoms with E-state index < -0.39 is 0 Å². The third-order valence-corrected chi connectivity index (χ3v) is 12.1. The molecule has 11 aromatic rings. The number of hydrogen-bond donors (Lipinski definition) is 0. The van der Waals surface area contributed by atoms with Crippen molar-refractivity contribution in [2.75, 3.05) is 4.90 Å². The van der Waals surface area contributed by atoms with Gasteiger partial charge in [0.2, 0.25) is 5.78 Å². The van der Waals surface area contributed by atoms with Gasteiger partial charge in [-0.15, -0.1) is 0 Å². The Morgan fingerprint density at radius 1 is 0.528 bits per heavy atom. The molecule has 7 aromatic carbocycles. The van der Waals surface area contributed by atoms with Crippen LogP contribution in [0.25, 0.3) is 59.7 Å². The number of imidazole rings is 3. The molecule has 0 amide bonds. The van der Waals surface area contributed by atoms with E-state index in [9.17, 15) is 0 Å².